The molecule has 0 saturated carbocycles. The molecule has 0 heterocycles. The van der Waals surface area contributed by atoms with E-state index < -0.39 is 0 Å². The van der Waals surface area contributed by atoms with Gasteiger partial charge in [0.05, 0.1) is 19.8 Å². The third kappa shape index (κ3) is 13.0. The Hall–Kier alpha value is 1.95. The molecule has 0 unspecified atom stereocenters. The lowest BCUT2D eigenvalue weighted by atomic mass is 9.88. The molecule has 0 saturated heterocycles. The van der Waals surface area contributed by atoms with Gasteiger partial charge >= 0.3 is 0 Å². The van der Waals surface area contributed by atoms with Crippen molar-refractivity contribution in [3.8, 4) is 0 Å². The molecule has 0 fully saturated rings. The Balaban J connectivity index is 4.22. The Bertz CT molecular complexity index is 192. The molecule has 0 N–H and O–H groups in total. The monoisotopic (exact) mass is 644 g/mol. The van der Waals surface area contributed by atoms with E-state index >= 15 is 0 Å². The van der Waals surface area contributed by atoms with Crippen LogP contribution in [-0.4, -0.2) is 54.0 Å². The van der Waals surface area contributed by atoms with Crippen molar-refractivity contribution < 1.29 is 28.4 Å². The fourth-order valence-corrected chi connectivity index (χ4v) is 2.02. The van der Waals surface area contributed by atoms with Crippen molar-refractivity contribution in [2.45, 2.75) is 13.3 Å². The highest BCUT2D eigenvalue weighted by Crippen LogP contribution is 2.24. The van der Waals surface area contributed by atoms with Gasteiger partial charge < -0.3 is 28.4 Å². The number of halogens is 3. The van der Waals surface area contributed by atoms with E-state index in [9.17, 15) is 0 Å². The van der Waals surface area contributed by atoms with E-state index in [2.05, 4.69) is 74.7 Å². The van der Waals surface area contributed by atoms with E-state index in [0.717, 1.165) is 6.42 Å². The normalized spacial score (nSPS) is 12.0. The molecule has 21 heavy (non-hydrogen) atoms. The van der Waals surface area contributed by atoms with Crippen LogP contribution in [0.2, 0.25) is 0 Å². The molecule has 128 valence electrons. The van der Waals surface area contributed by atoms with Crippen LogP contribution in [0.5, 0.6) is 0 Å². The van der Waals surface area contributed by atoms with E-state index in [1.807, 2.05) is 0 Å². The maximum absolute atomic E-state index is 5.57. The second-order valence-corrected chi connectivity index (χ2v) is 6.06. The predicted octanol–water partition coefficient (Wildman–Crippen LogP) is 3.53. The summed E-state index contributed by atoms with van der Waals surface area (Å²) in [5.41, 5.74) is -0.224. The first kappa shape index (κ1) is 22.9. The molecular weight excluding hydrogens is 621 g/mol. The maximum Gasteiger partial charge on any atom is 0.147 e. The molecule has 0 spiro atoms. The van der Waals surface area contributed by atoms with Crippen molar-refractivity contribution in [2.75, 3.05) is 54.0 Å². The lowest BCUT2D eigenvalue weighted by molar-refractivity contribution is -0.147. The van der Waals surface area contributed by atoms with E-state index in [1.165, 1.54) is 0 Å². The summed E-state index contributed by atoms with van der Waals surface area (Å²) in [7, 11) is 0. The van der Waals surface area contributed by atoms with Gasteiger partial charge in [0, 0.05) is 5.41 Å². The summed E-state index contributed by atoms with van der Waals surface area (Å²) in [6.45, 7) is 4.45. The summed E-state index contributed by atoms with van der Waals surface area (Å²) < 4.78 is 34.1. The fourth-order valence-electron chi connectivity index (χ4n) is 1.48. The molecular formula is C12H23I3O6. The Morgan fingerprint density at radius 1 is 0.619 bits per heavy atom. The average molecular weight is 644 g/mol. The van der Waals surface area contributed by atoms with Gasteiger partial charge in [-0.3, -0.25) is 0 Å². The Labute approximate surface area is 167 Å². The lowest BCUT2D eigenvalue weighted by Crippen LogP contribution is -2.37. The van der Waals surface area contributed by atoms with Crippen molar-refractivity contribution >= 4 is 67.8 Å². The molecule has 0 bridgehead atoms. The van der Waals surface area contributed by atoms with Gasteiger partial charge in [0.25, 0.3) is 0 Å². The first-order valence-electron chi connectivity index (χ1n) is 6.39. The Kier molecular flexibility index (Phi) is 18.4. The molecule has 0 radical (unpaired) electrons. The first-order valence-corrected chi connectivity index (χ1v) is 11.0. The van der Waals surface area contributed by atoms with Crippen molar-refractivity contribution in [2.24, 2.45) is 5.41 Å². The zero-order valence-electron chi connectivity index (χ0n) is 12.2. The van der Waals surface area contributed by atoms with Gasteiger partial charge in [-0.25, -0.2) is 0 Å². The smallest absolute Gasteiger partial charge is 0.147 e. The summed E-state index contributed by atoms with van der Waals surface area (Å²) in [6.07, 6.45) is 0.867. The second-order valence-electron chi connectivity index (χ2n) is 4.19. The predicted molar refractivity (Wildman–Crippen MR) is 105 cm³/mol. The van der Waals surface area contributed by atoms with Crippen LogP contribution in [0.4, 0.5) is 0 Å². The third-order valence-corrected chi connectivity index (χ3v) is 4.03. The highest BCUT2D eigenvalue weighted by atomic mass is 127. The fraction of sp³-hybridized carbons (Fsp3) is 1.00. The zero-order valence-corrected chi connectivity index (χ0v) is 18.6. The SMILES string of the molecule is CCC(COCOCI)(COCOCI)COCOCI. The van der Waals surface area contributed by atoms with Crippen molar-refractivity contribution in [1.82, 2.24) is 0 Å². The average Bonchev–Trinajstić information content (AvgIpc) is 2.51. The number of rotatable bonds is 16. The van der Waals surface area contributed by atoms with Crippen LogP contribution in [0.1, 0.15) is 13.3 Å². The van der Waals surface area contributed by atoms with Crippen molar-refractivity contribution in [3.05, 3.63) is 0 Å². The first-order chi connectivity index (χ1) is 10.2. The minimum absolute atomic E-state index is 0.224. The van der Waals surface area contributed by atoms with Gasteiger partial charge in [-0.2, -0.15) is 0 Å². The third-order valence-electron chi connectivity index (χ3n) is 2.71. The summed E-state index contributed by atoms with van der Waals surface area (Å²) in [6, 6.07) is 0. The molecule has 0 aliphatic carbocycles. The number of alkyl halides is 3. The van der Waals surface area contributed by atoms with Crippen LogP contribution < -0.4 is 0 Å². The molecule has 0 aliphatic rings. The number of hydrogen-bond donors (Lipinski definition) is 0. The van der Waals surface area contributed by atoms with Crippen LogP contribution in [0.25, 0.3) is 0 Å². The Morgan fingerprint density at radius 3 is 1.19 bits per heavy atom. The molecule has 0 amide bonds. The number of ether oxygens (including phenoxy) is 6. The quantitative estimate of drug-likeness (QED) is 0.111. The molecule has 0 aromatic rings. The molecule has 9 heteroatoms. The molecule has 0 aromatic carbocycles. The minimum atomic E-state index is -0.224. The summed E-state index contributed by atoms with van der Waals surface area (Å²) in [4.78, 5) is 0. The van der Waals surface area contributed by atoms with Gasteiger partial charge in [0.15, 0.2) is 0 Å². The molecule has 0 rings (SSSR count). The van der Waals surface area contributed by atoms with Crippen molar-refractivity contribution in [3.63, 3.8) is 0 Å². The molecule has 0 aliphatic heterocycles. The van der Waals surface area contributed by atoms with Gasteiger partial charge in [-0.05, 0) is 6.42 Å². The van der Waals surface area contributed by atoms with Crippen molar-refractivity contribution in [1.29, 1.82) is 0 Å². The zero-order chi connectivity index (χ0) is 15.8. The highest BCUT2D eigenvalue weighted by molar-refractivity contribution is 14.1. The Morgan fingerprint density at radius 2 is 0.952 bits per heavy atom. The van der Waals surface area contributed by atoms with Gasteiger partial charge in [-0.1, -0.05) is 74.7 Å². The van der Waals surface area contributed by atoms with Crippen LogP contribution in [-0.2, 0) is 28.4 Å². The van der Waals surface area contributed by atoms with Crippen LogP contribution in [0, 0.1) is 5.41 Å². The van der Waals surface area contributed by atoms with E-state index in [0.29, 0.717) is 33.7 Å². The molecule has 0 atom stereocenters. The second kappa shape index (κ2) is 16.8. The van der Waals surface area contributed by atoms with Crippen LogP contribution in [0.15, 0.2) is 0 Å². The van der Waals surface area contributed by atoms with Gasteiger partial charge in [0.2, 0.25) is 0 Å². The van der Waals surface area contributed by atoms with E-state index in [4.69, 9.17) is 28.4 Å². The summed E-state index contributed by atoms with van der Waals surface area (Å²) in [5.74, 6) is 0. The summed E-state index contributed by atoms with van der Waals surface area (Å²) in [5, 5.41) is 0. The summed E-state index contributed by atoms with van der Waals surface area (Å²) >= 11 is 6.40. The van der Waals surface area contributed by atoms with E-state index in [-0.39, 0.29) is 25.8 Å². The minimum Gasteiger partial charge on any atom is -0.355 e. The lowest BCUT2D eigenvalue weighted by Gasteiger charge is -2.31. The largest absolute Gasteiger partial charge is 0.355 e. The van der Waals surface area contributed by atoms with E-state index in [1.54, 1.807) is 0 Å². The van der Waals surface area contributed by atoms with Gasteiger partial charge in [0.1, 0.15) is 34.2 Å². The molecule has 0 aromatic heterocycles. The topological polar surface area (TPSA) is 55.4 Å². The van der Waals surface area contributed by atoms with Gasteiger partial charge in [-0.15, -0.1) is 0 Å². The highest BCUT2D eigenvalue weighted by Gasteiger charge is 2.30. The number of hydrogen-bond acceptors (Lipinski definition) is 6. The molecule has 6 nitrogen and oxygen atoms in total. The van der Waals surface area contributed by atoms with Crippen LogP contribution >= 0.6 is 67.8 Å². The van der Waals surface area contributed by atoms with Crippen LogP contribution in [0.3, 0.4) is 0 Å². The standard InChI is InChI=1S/C12H23I3O6/c1-2-12(3-16-9-19-6-13,4-17-10-20-7-14)5-18-11-21-8-15/h2-11H2,1H3. The maximum atomic E-state index is 5.57.